The van der Waals surface area contributed by atoms with Gasteiger partial charge in [-0.3, -0.25) is 4.67 Å². The highest BCUT2D eigenvalue weighted by molar-refractivity contribution is 7.32. The molecule has 0 aromatic carbocycles. The molecule has 0 bridgehead atoms. The summed E-state index contributed by atoms with van der Waals surface area (Å²) in [5.74, 6) is 0. The molecule has 2 nitrogen and oxygen atoms in total. The van der Waals surface area contributed by atoms with Crippen LogP contribution in [0.4, 0.5) is 0 Å². The summed E-state index contributed by atoms with van der Waals surface area (Å²) in [5.41, 5.74) is 0. The zero-order valence-electron chi connectivity index (χ0n) is 8.27. The third-order valence-corrected chi connectivity index (χ3v) is 4.95. The Morgan fingerprint density at radius 2 is 1.64 bits per heavy atom. The summed E-state index contributed by atoms with van der Waals surface area (Å²) in [6.07, 6.45) is 0. The minimum absolute atomic E-state index is 0.570. The molecule has 0 aromatic heterocycles. The first-order chi connectivity index (χ1) is 4.99. The van der Waals surface area contributed by atoms with Gasteiger partial charge in [-0.2, -0.15) is 0 Å². The molecule has 0 fully saturated rings. The van der Waals surface area contributed by atoms with Crippen molar-refractivity contribution in [2.24, 2.45) is 0 Å². The Balaban J connectivity index is 3.51. The van der Waals surface area contributed by atoms with E-state index in [1.54, 1.807) is 0 Å². The van der Waals surface area contributed by atoms with Gasteiger partial charge in [0, 0.05) is 13.1 Å². The minimum Gasteiger partial charge on any atom is -0.386 e. The number of rotatable bonds is 5. The lowest BCUT2D eigenvalue weighted by atomic mass is 10.7. The average Bonchev–Trinajstić information content (AvgIpc) is 1.88. The van der Waals surface area contributed by atoms with Crippen LogP contribution < -0.4 is 0 Å². The van der Waals surface area contributed by atoms with Gasteiger partial charge in [0.2, 0.25) is 0 Å². The summed E-state index contributed by atoms with van der Waals surface area (Å²) >= 11 is 0. The van der Waals surface area contributed by atoms with Crippen LogP contribution in [0, 0.1) is 0 Å². The molecule has 0 saturated heterocycles. The Labute approximate surface area is 73.4 Å². The maximum Gasteiger partial charge on any atom is 0.190 e. The first kappa shape index (κ1) is 11.6. The Morgan fingerprint density at radius 1 is 1.18 bits per heavy atom. The van der Waals surface area contributed by atoms with Gasteiger partial charge >= 0.3 is 0 Å². The van der Waals surface area contributed by atoms with Crippen molar-refractivity contribution in [3.8, 4) is 0 Å². The fraction of sp³-hybridized carbons (Fsp3) is 1.00. The van der Waals surface area contributed by atoms with Crippen molar-refractivity contribution < 1.29 is 4.21 Å². The quantitative estimate of drug-likeness (QED) is 0.491. The SMILES string of the molecule is CCN(CC)PO[Si](C)(C)C. The van der Waals surface area contributed by atoms with E-state index in [0.29, 0.717) is 8.96 Å². The molecule has 0 rings (SSSR count). The normalized spacial score (nSPS) is 13.6. The van der Waals surface area contributed by atoms with Gasteiger partial charge < -0.3 is 4.21 Å². The van der Waals surface area contributed by atoms with E-state index < -0.39 is 8.32 Å². The molecule has 0 aliphatic carbocycles. The number of hydrogen-bond acceptors (Lipinski definition) is 2. The molecule has 0 aromatic rings. The summed E-state index contributed by atoms with van der Waals surface area (Å²) < 4.78 is 8.08. The predicted octanol–water partition coefficient (Wildman–Crippen LogP) is 2.69. The average molecular weight is 193 g/mol. The fourth-order valence-corrected chi connectivity index (χ4v) is 2.42. The summed E-state index contributed by atoms with van der Waals surface area (Å²) in [6, 6.07) is 0. The topological polar surface area (TPSA) is 12.5 Å². The van der Waals surface area contributed by atoms with Crippen LogP contribution in [-0.4, -0.2) is 26.1 Å². The van der Waals surface area contributed by atoms with Gasteiger partial charge in [0.15, 0.2) is 8.32 Å². The van der Waals surface area contributed by atoms with Crippen LogP contribution in [0.1, 0.15) is 13.8 Å². The highest BCUT2D eigenvalue weighted by Crippen LogP contribution is 2.23. The van der Waals surface area contributed by atoms with Crippen molar-refractivity contribution in [1.82, 2.24) is 4.67 Å². The zero-order chi connectivity index (χ0) is 8.91. The molecule has 68 valence electrons. The molecular weight excluding hydrogens is 173 g/mol. The molecule has 0 aliphatic rings. The van der Waals surface area contributed by atoms with Crippen molar-refractivity contribution in [2.75, 3.05) is 13.1 Å². The summed E-state index contributed by atoms with van der Waals surface area (Å²) in [5, 5.41) is 0. The van der Waals surface area contributed by atoms with Crippen LogP contribution in [0.25, 0.3) is 0 Å². The molecule has 1 unspecified atom stereocenters. The van der Waals surface area contributed by atoms with Crippen LogP contribution in [0.2, 0.25) is 19.6 Å². The van der Waals surface area contributed by atoms with E-state index in [4.69, 9.17) is 4.21 Å². The van der Waals surface area contributed by atoms with Crippen molar-refractivity contribution >= 4 is 17.3 Å². The molecule has 11 heavy (non-hydrogen) atoms. The largest absolute Gasteiger partial charge is 0.386 e. The predicted molar refractivity (Wildman–Crippen MR) is 55.7 cm³/mol. The number of hydrogen-bond donors (Lipinski definition) is 0. The lowest BCUT2D eigenvalue weighted by molar-refractivity contribution is 0.463. The van der Waals surface area contributed by atoms with Gasteiger partial charge in [0.25, 0.3) is 0 Å². The summed E-state index contributed by atoms with van der Waals surface area (Å²) in [4.78, 5) is 0. The van der Waals surface area contributed by atoms with E-state index in [1.807, 2.05) is 0 Å². The Hall–Kier alpha value is 0.567. The molecule has 1 atom stereocenters. The molecule has 0 aliphatic heterocycles. The Bertz CT molecular complexity index is 101. The molecule has 4 heteroatoms. The van der Waals surface area contributed by atoms with Crippen LogP contribution in [0.5, 0.6) is 0 Å². The first-order valence-electron chi connectivity index (χ1n) is 4.18. The van der Waals surface area contributed by atoms with Crippen molar-refractivity contribution in [3.63, 3.8) is 0 Å². The smallest absolute Gasteiger partial charge is 0.190 e. The van der Waals surface area contributed by atoms with Gasteiger partial charge in [0.05, 0.1) is 8.96 Å². The lowest BCUT2D eigenvalue weighted by Crippen LogP contribution is -2.24. The first-order valence-corrected chi connectivity index (χ1v) is 8.44. The van der Waals surface area contributed by atoms with Crippen LogP contribution >= 0.6 is 8.96 Å². The Kier molecular flexibility index (Phi) is 5.53. The van der Waals surface area contributed by atoms with Crippen LogP contribution in [0.15, 0.2) is 0 Å². The van der Waals surface area contributed by atoms with E-state index >= 15 is 0 Å². The van der Waals surface area contributed by atoms with E-state index in [2.05, 4.69) is 38.2 Å². The van der Waals surface area contributed by atoms with Gasteiger partial charge in [-0.05, 0) is 19.6 Å². The maximum absolute atomic E-state index is 5.77. The van der Waals surface area contributed by atoms with E-state index in [-0.39, 0.29) is 0 Å². The molecular formula is C7H20NOPSi. The van der Waals surface area contributed by atoms with E-state index in [9.17, 15) is 0 Å². The molecule has 0 heterocycles. The van der Waals surface area contributed by atoms with Crippen LogP contribution in [0.3, 0.4) is 0 Å². The molecule has 0 radical (unpaired) electrons. The molecule has 0 N–H and O–H groups in total. The minimum atomic E-state index is -1.28. The van der Waals surface area contributed by atoms with Crippen molar-refractivity contribution in [1.29, 1.82) is 0 Å². The second kappa shape index (κ2) is 5.25. The summed E-state index contributed by atoms with van der Waals surface area (Å²) in [6.45, 7) is 13.2. The van der Waals surface area contributed by atoms with Gasteiger partial charge in [-0.25, -0.2) is 0 Å². The van der Waals surface area contributed by atoms with E-state index in [1.165, 1.54) is 0 Å². The third kappa shape index (κ3) is 6.95. The van der Waals surface area contributed by atoms with Gasteiger partial charge in [-0.1, -0.05) is 13.8 Å². The third-order valence-electron chi connectivity index (χ3n) is 1.24. The molecule has 0 saturated carbocycles. The standard InChI is InChI=1S/C7H20NOPSi/c1-6-8(7-2)10-9-11(3,4)5/h10H,6-7H2,1-5H3. The maximum atomic E-state index is 5.77. The van der Waals surface area contributed by atoms with Crippen molar-refractivity contribution in [2.45, 2.75) is 33.5 Å². The second-order valence-corrected chi connectivity index (χ2v) is 9.33. The van der Waals surface area contributed by atoms with Crippen LogP contribution in [-0.2, 0) is 4.21 Å². The summed E-state index contributed by atoms with van der Waals surface area (Å²) in [7, 11) is -0.712. The second-order valence-electron chi connectivity index (χ2n) is 3.48. The van der Waals surface area contributed by atoms with Gasteiger partial charge in [0.1, 0.15) is 0 Å². The highest BCUT2D eigenvalue weighted by atomic mass is 31.1. The lowest BCUT2D eigenvalue weighted by Gasteiger charge is -2.23. The molecule has 0 amide bonds. The monoisotopic (exact) mass is 193 g/mol. The van der Waals surface area contributed by atoms with Gasteiger partial charge in [-0.15, -0.1) is 0 Å². The van der Waals surface area contributed by atoms with E-state index in [0.717, 1.165) is 13.1 Å². The highest BCUT2D eigenvalue weighted by Gasteiger charge is 2.15. The van der Waals surface area contributed by atoms with Crippen molar-refractivity contribution in [3.05, 3.63) is 0 Å². The zero-order valence-corrected chi connectivity index (χ0v) is 10.3. The fourth-order valence-electron chi connectivity index (χ4n) is 0.554. The Morgan fingerprint density at radius 3 is 1.91 bits per heavy atom. The molecule has 0 spiro atoms. The number of nitrogens with zero attached hydrogens (tertiary/aromatic N) is 1.